The molecule has 0 aromatic rings. The first-order valence-corrected chi connectivity index (χ1v) is 27.2. The summed E-state index contributed by atoms with van der Waals surface area (Å²) in [7, 11) is 1.48. The summed E-state index contributed by atoms with van der Waals surface area (Å²) in [5.41, 5.74) is 0. The molecule has 0 aliphatic heterocycles. The van der Waals surface area contributed by atoms with E-state index in [4.69, 9.17) is 18.5 Å². The molecule has 0 rings (SSSR count). The monoisotopic (exact) mass is 897 g/mol. The second-order valence-corrected chi connectivity index (χ2v) is 20.0. The van der Waals surface area contributed by atoms with Gasteiger partial charge in [-0.1, -0.05) is 185 Å². The minimum atomic E-state index is -4.38. The van der Waals surface area contributed by atoms with Crippen molar-refractivity contribution in [2.24, 2.45) is 0 Å². The topological polar surface area (TPSA) is 108 Å². The molecule has 0 aromatic carbocycles. The van der Waals surface area contributed by atoms with Crippen molar-refractivity contribution in [1.29, 1.82) is 0 Å². The first-order chi connectivity index (χ1) is 30.0. The van der Waals surface area contributed by atoms with E-state index in [0.29, 0.717) is 17.4 Å². The summed E-state index contributed by atoms with van der Waals surface area (Å²) in [4.78, 5) is 35.5. The van der Waals surface area contributed by atoms with Crippen molar-refractivity contribution in [2.75, 3.05) is 47.5 Å². The summed E-state index contributed by atoms with van der Waals surface area (Å²) in [6, 6.07) is 0. The highest BCUT2D eigenvalue weighted by Crippen LogP contribution is 2.43. The van der Waals surface area contributed by atoms with Gasteiger partial charge in [0.15, 0.2) is 6.10 Å². The van der Waals surface area contributed by atoms with E-state index in [-0.39, 0.29) is 32.0 Å². The smallest absolute Gasteiger partial charge is 0.462 e. The van der Waals surface area contributed by atoms with Gasteiger partial charge in [-0.15, -0.1) is 0 Å². The summed E-state index contributed by atoms with van der Waals surface area (Å²) < 4.78 is 34.5. The van der Waals surface area contributed by atoms with Crippen LogP contribution in [0.1, 0.15) is 232 Å². The molecule has 0 aromatic heterocycles. The summed E-state index contributed by atoms with van der Waals surface area (Å²) >= 11 is 0. The molecule has 0 radical (unpaired) electrons. The number of hydrogen-bond donors (Lipinski definition) is 1. The number of allylic oxidation sites excluding steroid dienone is 6. The second-order valence-electron chi connectivity index (χ2n) is 18.5. The van der Waals surface area contributed by atoms with Crippen molar-refractivity contribution < 1.29 is 42.1 Å². The molecular weight excluding hydrogens is 798 g/mol. The summed E-state index contributed by atoms with van der Waals surface area (Å²) in [5, 5.41) is 0. The van der Waals surface area contributed by atoms with E-state index in [1.807, 2.05) is 21.1 Å². The lowest BCUT2D eigenvalue weighted by atomic mass is 10.1. The molecule has 9 nitrogen and oxygen atoms in total. The van der Waals surface area contributed by atoms with Gasteiger partial charge in [-0.25, -0.2) is 4.57 Å². The average Bonchev–Trinajstić information content (AvgIpc) is 3.23. The van der Waals surface area contributed by atoms with Crippen molar-refractivity contribution in [3.8, 4) is 0 Å². The average molecular weight is 897 g/mol. The number of carbonyl (C=O) groups excluding carboxylic acids is 2. The Kier molecular flexibility index (Phi) is 43.2. The van der Waals surface area contributed by atoms with Crippen LogP contribution in [0.4, 0.5) is 0 Å². The fourth-order valence-corrected chi connectivity index (χ4v) is 7.84. The zero-order chi connectivity index (χ0) is 45.7. The molecule has 0 aliphatic rings. The number of phosphoric acid groups is 1. The van der Waals surface area contributed by atoms with Crippen LogP contribution in [0.3, 0.4) is 0 Å². The van der Waals surface area contributed by atoms with Crippen molar-refractivity contribution in [3.05, 3.63) is 36.5 Å². The molecule has 0 aliphatic carbocycles. The van der Waals surface area contributed by atoms with E-state index in [9.17, 15) is 19.0 Å². The fraction of sp³-hybridized carbons (Fsp3) is 0.846. The van der Waals surface area contributed by atoms with E-state index >= 15 is 0 Å². The van der Waals surface area contributed by atoms with E-state index in [1.165, 1.54) is 148 Å². The number of hydrogen-bond acceptors (Lipinski definition) is 7. The molecule has 0 saturated carbocycles. The molecular formula is C52H99NO8P+. The lowest BCUT2D eigenvalue weighted by Gasteiger charge is -2.24. The predicted octanol–water partition coefficient (Wildman–Crippen LogP) is 15.3. The minimum Gasteiger partial charge on any atom is -0.462 e. The number of rotatable bonds is 47. The van der Waals surface area contributed by atoms with Gasteiger partial charge in [0.05, 0.1) is 27.7 Å². The number of ether oxygens (including phenoxy) is 2. The zero-order valence-electron chi connectivity index (χ0n) is 41.1. The molecule has 364 valence electrons. The number of likely N-dealkylation sites (N-methyl/N-ethyl adjacent to an activating group) is 1. The van der Waals surface area contributed by atoms with Crippen LogP contribution in [-0.4, -0.2) is 74.9 Å². The van der Waals surface area contributed by atoms with Crippen LogP contribution in [0, 0.1) is 0 Å². The normalized spacial score (nSPS) is 13.7. The van der Waals surface area contributed by atoms with Gasteiger partial charge in [-0.3, -0.25) is 18.6 Å². The van der Waals surface area contributed by atoms with Gasteiger partial charge in [-0.2, -0.15) is 0 Å². The number of phosphoric ester groups is 1. The number of quaternary nitrogens is 1. The van der Waals surface area contributed by atoms with E-state index in [2.05, 4.69) is 50.3 Å². The molecule has 0 bridgehead atoms. The highest BCUT2D eigenvalue weighted by molar-refractivity contribution is 7.47. The number of nitrogens with zero attached hydrogens (tertiary/aromatic N) is 1. The van der Waals surface area contributed by atoms with Crippen molar-refractivity contribution >= 4 is 19.8 Å². The van der Waals surface area contributed by atoms with E-state index < -0.39 is 26.5 Å². The van der Waals surface area contributed by atoms with Crippen LogP contribution in [0.25, 0.3) is 0 Å². The Morgan fingerprint density at radius 3 is 1.32 bits per heavy atom. The highest BCUT2D eigenvalue weighted by atomic mass is 31.2. The van der Waals surface area contributed by atoms with Gasteiger partial charge < -0.3 is 18.9 Å². The maximum absolute atomic E-state index is 12.8. The second kappa shape index (κ2) is 44.4. The molecule has 0 saturated heterocycles. The van der Waals surface area contributed by atoms with Crippen LogP contribution in [-0.2, 0) is 32.7 Å². The summed E-state index contributed by atoms with van der Waals surface area (Å²) in [6.07, 6.45) is 51.9. The Labute approximate surface area is 382 Å². The Bertz CT molecular complexity index is 1150. The third kappa shape index (κ3) is 47.7. The van der Waals surface area contributed by atoms with Crippen LogP contribution in [0.2, 0.25) is 0 Å². The molecule has 2 atom stereocenters. The first kappa shape index (κ1) is 60.2. The Morgan fingerprint density at radius 2 is 0.871 bits per heavy atom. The van der Waals surface area contributed by atoms with Crippen LogP contribution < -0.4 is 0 Å². The van der Waals surface area contributed by atoms with Crippen LogP contribution in [0.15, 0.2) is 36.5 Å². The van der Waals surface area contributed by atoms with Gasteiger partial charge in [-0.05, 0) is 70.6 Å². The Hall–Kier alpha value is -1.77. The van der Waals surface area contributed by atoms with Crippen molar-refractivity contribution in [1.82, 2.24) is 0 Å². The third-order valence-corrected chi connectivity index (χ3v) is 12.1. The maximum Gasteiger partial charge on any atom is 0.472 e. The van der Waals surface area contributed by atoms with E-state index in [0.717, 1.165) is 51.4 Å². The molecule has 62 heavy (non-hydrogen) atoms. The number of esters is 2. The van der Waals surface area contributed by atoms with Gasteiger partial charge in [0.25, 0.3) is 0 Å². The van der Waals surface area contributed by atoms with Gasteiger partial charge in [0.2, 0.25) is 0 Å². The standard InChI is InChI=1S/C52H98NO8P/c1-6-8-10-12-14-16-18-20-22-24-26-28-30-32-34-36-38-40-42-44-51(54)58-48-50(49-60-62(56,57)59-47-46-53(3,4)5)61-52(55)45-43-41-39-37-35-33-31-29-27-25-23-21-19-17-15-13-11-9-7-2/h15,17,20-23,50H,6-14,16,18-19,24-49H2,1-5H3/p+1/b17-15-,22-20-,23-21-/t50-/m1/s1. The molecule has 1 unspecified atom stereocenters. The Morgan fingerprint density at radius 1 is 0.500 bits per heavy atom. The van der Waals surface area contributed by atoms with Crippen molar-refractivity contribution in [2.45, 2.75) is 238 Å². The largest absolute Gasteiger partial charge is 0.472 e. The minimum absolute atomic E-state index is 0.0309. The van der Waals surface area contributed by atoms with Crippen molar-refractivity contribution in [3.63, 3.8) is 0 Å². The SMILES string of the molecule is CCCCC/C=C\C/C=C\CCCCCCCCCCCC(=O)O[C@H](COC(=O)CCCCCCCCCCC/C=C\CCCCCCCC)COP(=O)(O)OCC[N+](C)(C)C. The predicted molar refractivity (Wildman–Crippen MR) is 261 cm³/mol. The van der Waals surface area contributed by atoms with Gasteiger partial charge in [0, 0.05) is 12.8 Å². The summed E-state index contributed by atoms with van der Waals surface area (Å²) in [6.45, 7) is 4.42. The lowest BCUT2D eigenvalue weighted by molar-refractivity contribution is -0.870. The fourth-order valence-electron chi connectivity index (χ4n) is 7.10. The van der Waals surface area contributed by atoms with Crippen LogP contribution in [0.5, 0.6) is 0 Å². The highest BCUT2D eigenvalue weighted by Gasteiger charge is 2.27. The van der Waals surface area contributed by atoms with Gasteiger partial charge in [0.1, 0.15) is 19.8 Å². The summed E-state index contributed by atoms with van der Waals surface area (Å²) in [5.74, 6) is -0.798. The molecule has 10 heteroatoms. The molecule has 0 heterocycles. The maximum atomic E-state index is 12.8. The van der Waals surface area contributed by atoms with Gasteiger partial charge >= 0.3 is 19.8 Å². The third-order valence-electron chi connectivity index (χ3n) is 11.1. The molecule has 0 fully saturated rings. The molecule has 0 amide bonds. The lowest BCUT2D eigenvalue weighted by Crippen LogP contribution is -2.37. The quantitative estimate of drug-likeness (QED) is 0.0212. The Balaban J connectivity index is 4.25. The van der Waals surface area contributed by atoms with Crippen LogP contribution >= 0.6 is 7.82 Å². The number of carbonyl (C=O) groups is 2. The molecule has 1 N–H and O–H groups in total. The zero-order valence-corrected chi connectivity index (χ0v) is 42.0. The number of unbranched alkanes of at least 4 members (excludes halogenated alkanes) is 27. The van der Waals surface area contributed by atoms with E-state index in [1.54, 1.807) is 0 Å². The first-order valence-electron chi connectivity index (χ1n) is 25.7. The molecule has 0 spiro atoms.